The van der Waals surface area contributed by atoms with Crippen LogP contribution in [-0.4, -0.2) is 19.1 Å². The molecule has 1 heterocycles. The van der Waals surface area contributed by atoms with E-state index in [2.05, 4.69) is 10.3 Å². The van der Waals surface area contributed by atoms with Gasteiger partial charge in [-0.25, -0.2) is 9.37 Å². The van der Waals surface area contributed by atoms with E-state index in [1.165, 1.54) is 6.07 Å². The third-order valence-electron chi connectivity index (χ3n) is 2.76. The van der Waals surface area contributed by atoms with Gasteiger partial charge in [0.2, 0.25) is 0 Å². The average molecular weight is 245 g/mol. The minimum atomic E-state index is -0.206. The molecule has 0 radical (unpaired) electrons. The number of nitrogens with one attached hydrogen (secondary N) is 1. The molecular weight excluding hydrogens is 229 g/mol. The number of benzene rings is 1. The summed E-state index contributed by atoms with van der Waals surface area (Å²) in [5.41, 5.74) is 1.68. The number of anilines is 2. The third-order valence-corrected chi connectivity index (χ3v) is 2.76. The molecule has 0 aliphatic carbocycles. The van der Waals surface area contributed by atoms with Gasteiger partial charge in [0.15, 0.2) is 0 Å². The molecule has 3 nitrogen and oxygen atoms in total. The fraction of sp³-hybridized carbons (Fsp3) is 0.214. The van der Waals surface area contributed by atoms with Gasteiger partial charge in [0, 0.05) is 26.8 Å². The van der Waals surface area contributed by atoms with Crippen molar-refractivity contribution in [3.8, 4) is 0 Å². The summed E-state index contributed by atoms with van der Waals surface area (Å²) < 4.78 is 13.6. The Labute approximate surface area is 106 Å². The quantitative estimate of drug-likeness (QED) is 0.897. The first kappa shape index (κ1) is 12.4. The normalized spacial score (nSPS) is 10.2. The summed E-state index contributed by atoms with van der Waals surface area (Å²) in [5, 5.41) is 2.99. The van der Waals surface area contributed by atoms with E-state index in [0.717, 1.165) is 11.4 Å². The van der Waals surface area contributed by atoms with Gasteiger partial charge in [0.1, 0.15) is 11.6 Å². The van der Waals surface area contributed by atoms with Gasteiger partial charge in [0.25, 0.3) is 0 Å². The van der Waals surface area contributed by atoms with Gasteiger partial charge in [0.05, 0.1) is 5.69 Å². The van der Waals surface area contributed by atoms with E-state index in [9.17, 15) is 4.39 Å². The first-order valence-electron chi connectivity index (χ1n) is 5.79. The van der Waals surface area contributed by atoms with E-state index in [1.807, 2.05) is 37.2 Å². The van der Waals surface area contributed by atoms with Crippen molar-refractivity contribution in [1.29, 1.82) is 0 Å². The SMILES string of the molecule is CNc1cc(CN(C)c2ccccc2F)ccn1. The summed E-state index contributed by atoms with van der Waals surface area (Å²) in [6, 6.07) is 10.7. The number of pyridine rings is 1. The predicted octanol–water partition coefficient (Wildman–Crippen LogP) is 2.90. The number of para-hydroxylation sites is 1. The van der Waals surface area contributed by atoms with E-state index in [4.69, 9.17) is 0 Å². The Bertz CT molecular complexity index is 528. The lowest BCUT2D eigenvalue weighted by molar-refractivity contribution is 0.622. The smallest absolute Gasteiger partial charge is 0.146 e. The molecule has 1 aromatic carbocycles. The molecule has 2 aromatic rings. The molecule has 0 saturated carbocycles. The van der Waals surface area contributed by atoms with Crippen LogP contribution in [0, 0.1) is 5.82 Å². The maximum Gasteiger partial charge on any atom is 0.146 e. The largest absolute Gasteiger partial charge is 0.373 e. The first-order valence-corrected chi connectivity index (χ1v) is 5.79. The molecule has 0 aliphatic heterocycles. The van der Waals surface area contributed by atoms with E-state index in [1.54, 1.807) is 18.3 Å². The zero-order valence-electron chi connectivity index (χ0n) is 10.5. The van der Waals surface area contributed by atoms with Crippen LogP contribution < -0.4 is 10.2 Å². The van der Waals surface area contributed by atoms with Crippen LogP contribution >= 0.6 is 0 Å². The van der Waals surface area contributed by atoms with E-state index in [0.29, 0.717) is 12.2 Å². The second-order valence-electron chi connectivity index (χ2n) is 4.11. The number of halogens is 1. The van der Waals surface area contributed by atoms with Crippen LogP contribution in [0.4, 0.5) is 15.9 Å². The van der Waals surface area contributed by atoms with Crippen molar-refractivity contribution in [3.63, 3.8) is 0 Å². The molecule has 0 saturated heterocycles. The van der Waals surface area contributed by atoms with Crippen LogP contribution in [0.25, 0.3) is 0 Å². The molecule has 4 heteroatoms. The van der Waals surface area contributed by atoms with Gasteiger partial charge >= 0.3 is 0 Å². The minimum Gasteiger partial charge on any atom is -0.373 e. The number of hydrogen-bond donors (Lipinski definition) is 1. The Hall–Kier alpha value is -2.10. The zero-order valence-corrected chi connectivity index (χ0v) is 10.5. The van der Waals surface area contributed by atoms with Gasteiger partial charge in [-0.1, -0.05) is 12.1 Å². The predicted molar refractivity (Wildman–Crippen MR) is 72.3 cm³/mol. The fourth-order valence-corrected chi connectivity index (χ4v) is 1.83. The van der Waals surface area contributed by atoms with Crippen LogP contribution in [-0.2, 0) is 6.54 Å². The Kier molecular flexibility index (Phi) is 3.77. The number of nitrogens with zero attached hydrogens (tertiary/aromatic N) is 2. The van der Waals surface area contributed by atoms with Gasteiger partial charge in [-0.15, -0.1) is 0 Å². The van der Waals surface area contributed by atoms with Crippen LogP contribution in [0.15, 0.2) is 42.6 Å². The molecule has 1 aromatic heterocycles. The van der Waals surface area contributed by atoms with Crippen molar-refractivity contribution in [2.75, 3.05) is 24.3 Å². The summed E-state index contributed by atoms with van der Waals surface area (Å²) in [5.74, 6) is 0.609. The van der Waals surface area contributed by atoms with Crippen molar-refractivity contribution in [2.24, 2.45) is 0 Å². The summed E-state index contributed by atoms with van der Waals surface area (Å²) >= 11 is 0. The van der Waals surface area contributed by atoms with Crippen molar-refractivity contribution in [1.82, 2.24) is 4.98 Å². The van der Waals surface area contributed by atoms with Gasteiger partial charge in [-0.3, -0.25) is 0 Å². The number of hydrogen-bond acceptors (Lipinski definition) is 3. The van der Waals surface area contributed by atoms with E-state index < -0.39 is 0 Å². The Morgan fingerprint density at radius 1 is 1.28 bits per heavy atom. The van der Waals surface area contributed by atoms with E-state index >= 15 is 0 Å². The average Bonchev–Trinajstić information content (AvgIpc) is 2.39. The maximum absolute atomic E-state index is 13.6. The van der Waals surface area contributed by atoms with Crippen LogP contribution in [0.2, 0.25) is 0 Å². The highest BCUT2D eigenvalue weighted by atomic mass is 19.1. The maximum atomic E-state index is 13.6. The van der Waals surface area contributed by atoms with E-state index in [-0.39, 0.29) is 5.82 Å². The molecule has 0 amide bonds. The highest BCUT2D eigenvalue weighted by Crippen LogP contribution is 2.19. The van der Waals surface area contributed by atoms with Crippen molar-refractivity contribution in [2.45, 2.75) is 6.54 Å². The van der Waals surface area contributed by atoms with Gasteiger partial charge in [-0.05, 0) is 29.8 Å². The molecular formula is C14H16FN3. The second kappa shape index (κ2) is 5.49. The highest BCUT2D eigenvalue weighted by Gasteiger charge is 2.07. The Balaban J connectivity index is 2.16. The van der Waals surface area contributed by atoms with Crippen molar-refractivity contribution >= 4 is 11.5 Å². The van der Waals surface area contributed by atoms with Crippen LogP contribution in [0.1, 0.15) is 5.56 Å². The monoisotopic (exact) mass is 245 g/mol. The minimum absolute atomic E-state index is 0.206. The standard InChI is InChI=1S/C14H16FN3/c1-16-14-9-11(7-8-17-14)10-18(2)13-6-4-3-5-12(13)15/h3-9H,10H2,1-2H3,(H,16,17). The van der Waals surface area contributed by atoms with Crippen molar-refractivity contribution in [3.05, 3.63) is 54.0 Å². The molecule has 2 rings (SSSR count). The zero-order chi connectivity index (χ0) is 13.0. The third kappa shape index (κ3) is 2.77. The summed E-state index contributed by atoms with van der Waals surface area (Å²) in [6.07, 6.45) is 1.75. The first-order chi connectivity index (χ1) is 8.70. The summed E-state index contributed by atoms with van der Waals surface area (Å²) in [7, 11) is 3.70. The lowest BCUT2D eigenvalue weighted by Crippen LogP contribution is -2.17. The number of rotatable bonds is 4. The topological polar surface area (TPSA) is 28.2 Å². The highest BCUT2D eigenvalue weighted by molar-refractivity contribution is 5.48. The Morgan fingerprint density at radius 3 is 2.78 bits per heavy atom. The van der Waals surface area contributed by atoms with Gasteiger partial charge in [-0.2, -0.15) is 0 Å². The molecule has 18 heavy (non-hydrogen) atoms. The molecule has 0 bridgehead atoms. The molecule has 0 unspecified atom stereocenters. The molecule has 94 valence electrons. The molecule has 1 N–H and O–H groups in total. The van der Waals surface area contributed by atoms with Crippen molar-refractivity contribution < 1.29 is 4.39 Å². The lowest BCUT2D eigenvalue weighted by Gasteiger charge is -2.20. The second-order valence-corrected chi connectivity index (χ2v) is 4.11. The lowest BCUT2D eigenvalue weighted by atomic mass is 10.2. The molecule has 0 atom stereocenters. The van der Waals surface area contributed by atoms with Crippen LogP contribution in [0.3, 0.4) is 0 Å². The molecule has 0 aliphatic rings. The van der Waals surface area contributed by atoms with Crippen LogP contribution in [0.5, 0.6) is 0 Å². The summed E-state index contributed by atoms with van der Waals surface area (Å²) in [6.45, 7) is 0.637. The molecule has 0 fully saturated rings. The molecule has 0 spiro atoms. The van der Waals surface area contributed by atoms with Gasteiger partial charge < -0.3 is 10.2 Å². The summed E-state index contributed by atoms with van der Waals surface area (Å²) in [4.78, 5) is 6.03. The number of aromatic nitrogens is 1. The Morgan fingerprint density at radius 2 is 2.06 bits per heavy atom. The fourth-order valence-electron chi connectivity index (χ4n) is 1.83.